The molecule has 1 unspecified atom stereocenters. The van der Waals surface area contributed by atoms with Crippen LogP contribution in [0.1, 0.15) is 25.3 Å². The maximum Gasteiger partial charge on any atom is 0.0521 e. The van der Waals surface area contributed by atoms with Gasteiger partial charge in [0.2, 0.25) is 0 Å². The monoisotopic (exact) mass is 251 g/mol. The molecule has 1 aromatic carbocycles. The normalized spacial score (nSPS) is 13.1. The Morgan fingerprint density at radius 2 is 2.06 bits per heavy atom. The molecule has 0 amide bonds. The molecule has 17 heavy (non-hydrogen) atoms. The molecule has 3 heteroatoms. The minimum absolute atomic E-state index is 0.284. The Kier molecular flexibility index (Phi) is 7.76. The summed E-state index contributed by atoms with van der Waals surface area (Å²) in [6.07, 6.45) is 4.23. The number of benzene rings is 1. The van der Waals surface area contributed by atoms with Gasteiger partial charge in [0.15, 0.2) is 0 Å². The van der Waals surface area contributed by atoms with Gasteiger partial charge in [-0.05, 0) is 31.1 Å². The first-order chi connectivity index (χ1) is 8.33. The predicted molar refractivity (Wildman–Crippen MR) is 77.1 cm³/mol. The van der Waals surface area contributed by atoms with Crippen LogP contribution in [0.25, 0.3) is 0 Å². The van der Waals surface area contributed by atoms with Crippen molar-refractivity contribution in [1.82, 2.24) is 0 Å². The molecule has 94 valence electrons. The third kappa shape index (κ3) is 7.18. The van der Waals surface area contributed by atoms with Gasteiger partial charge in [0, 0.05) is 18.0 Å². The molecule has 0 bridgehead atoms. The van der Waals surface area contributed by atoms with Gasteiger partial charge in [-0.3, -0.25) is 4.99 Å². The van der Waals surface area contributed by atoms with E-state index >= 15 is 0 Å². The van der Waals surface area contributed by atoms with Gasteiger partial charge in [0.05, 0.1) is 6.61 Å². The molecular formula is C14H21NOS. The fraction of sp³-hybridized carbons (Fsp3) is 0.500. The van der Waals surface area contributed by atoms with Crippen molar-refractivity contribution in [2.75, 3.05) is 18.1 Å². The van der Waals surface area contributed by atoms with E-state index in [2.05, 4.69) is 24.0 Å². The highest BCUT2D eigenvalue weighted by Crippen LogP contribution is 2.08. The van der Waals surface area contributed by atoms with Crippen LogP contribution >= 0.6 is 11.8 Å². The van der Waals surface area contributed by atoms with Crippen molar-refractivity contribution in [3.63, 3.8) is 0 Å². The van der Waals surface area contributed by atoms with E-state index in [1.54, 1.807) is 0 Å². The molecule has 1 rings (SSSR count). The van der Waals surface area contributed by atoms with Gasteiger partial charge in [-0.2, -0.15) is 11.8 Å². The fourth-order valence-corrected chi connectivity index (χ4v) is 2.18. The predicted octanol–water partition coefficient (Wildman–Crippen LogP) is 3.00. The Hall–Kier alpha value is -0.800. The van der Waals surface area contributed by atoms with Crippen molar-refractivity contribution in [1.29, 1.82) is 0 Å². The zero-order valence-electron chi connectivity index (χ0n) is 10.4. The van der Waals surface area contributed by atoms with Crippen LogP contribution in [0.5, 0.6) is 0 Å². The number of aliphatic hydroxyl groups excluding tert-OH is 1. The summed E-state index contributed by atoms with van der Waals surface area (Å²) in [4.78, 5) is 4.53. The number of hydrogen-bond acceptors (Lipinski definition) is 3. The lowest BCUT2D eigenvalue weighted by Crippen LogP contribution is -2.00. The second-order valence-corrected chi connectivity index (χ2v) is 5.24. The first-order valence-electron chi connectivity index (χ1n) is 6.09. The first-order valence-corrected chi connectivity index (χ1v) is 7.25. The molecule has 0 saturated carbocycles. The van der Waals surface area contributed by atoms with Gasteiger partial charge < -0.3 is 5.11 Å². The van der Waals surface area contributed by atoms with E-state index in [1.807, 2.05) is 36.2 Å². The molecule has 0 aliphatic rings. The fourth-order valence-electron chi connectivity index (χ4n) is 1.47. The second kappa shape index (κ2) is 9.25. The third-order valence-electron chi connectivity index (χ3n) is 2.42. The maximum atomic E-state index is 8.64. The molecule has 0 aliphatic carbocycles. The smallest absolute Gasteiger partial charge is 0.0521 e. The zero-order valence-corrected chi connectivity index (χ0v) is 11.2. The van der Waals surface area contributed by atoms with Crippen LogP contribution < -0.4 is 0 Å². The van der Waals surface area contributed by atoms with Crippen molar-refractivity contribution in [3.05, 3.63) is 35.9 Å². The van der Waals surface area contributed by atoms with Crippen molar-refractivity contribution in [3.8, 4) is 0 Å². The van der Waals surface area contributed by atoms with E-state index in [0.29, 0.717) is 6.04 Å². The molecule has 0 fully saturated rings. The Balaban J connectivity index is 2.16. The molecule has 0 spiro atoms. The van der Waals surface area contributed by atoms with Crippen molar-refractivity contribution < 1.29 is 5.11 Å². The standard InChI is InChI=1S/C14H21NOS/c1-13(6-5-10-17-11-9-16)15-12-14-7-3-2-4-8-14/h2-4,7-8,12-13,16H,5-6,9-11H2,1H3. The number of rotatable bonds is 8. The van der Waals surface area contributed by atoms with E-state index in [9.17, 15) is 0 Å². The summed E-state index contributed by atoms with van der Waals surface area (Å²) in [7, 11) is 0. The quantitative estimate of drug-likeness (QED) is 0.569. The van der Waals surface area contributed by atoms with Crippen LogP contribution in [0.3, 0.4) is 0 Å². The van der Waals surface area contributed by atoms with Crippen LogP contribution in [0.2, 0.25) is 0 Å². The highest BCUT2D eigenvalue weighted by atomic mass is 32.2. The molecule has 1 aromatic rings. The average Bonchev–Trinajstić information content (AvgIpc) is 2.37. The lowest BCUT2D eigenvalue weighted by Gasteiger charge is -2.05. The van der Waals surface area contributed by atoms with Gasteiger partial charge in [-0.15, -0.1) is 0 Å². The lowest BCUT2D eigenvalue weighted by atomic mass is 10.2. The van der Waals surface area contributed by atoms with E-state index in [4.69, 9.17) is 5.11 Å². The summed E-state index contributed by atoms with van der Waals surface area (Å²) in [6.45, 7) is 2.43. The highest BCUT2D eigenvalue weighted by molar-refractivity contribution is 7.99. The molecule has 0 heterocycles. The SMILES string of the molecule is CC(CCCSCCO)N=Cc1ccccc1. The summed E-state index contributed by atoms with van der Waals surface area (Å²) in [5, 5.41) is 8.64. The van der Waals surface area contributed by atoms with Crippen LogP contribution in [-0.4, -0.2) is 35.5 Å². The van der Waals surface area contributed by atoms with Crippen LogP contribution in [0.4, 0.5) is 0 Å². The molecule has 1 atom stereocenters. The molecule has 1 N–H and O–H groups in total. The van der Waals surface area contributed by atoms with Crippen LogP contribution in [0.15, 0.2) is 35.3 Å². The molecule has 0 radical (unpaired) electrons. The summed E-state index contributed by atoms with van der Waals surface area (Å²) < 4.78 is 0. The van der Waals surface area contributed by atoms with Crippen LogP contribution in [-0.2, 0) is 0 Å². The Morgan fingerprint density at radius 3 is 2.76 bits per heavy atom. The summed E-state index contributed by atoms with van der Waals surface area (Å²) in [6, 6.07) is 10.6. The van der Waals surface area contributed by atoms with E-state index < -0.39 is 0 Å². The minimum atomic E-state index is 0.284. The van der Waals surface area contributed by atoms with Crippen molar-refractivity contribution >= 4 is 18.0 Å². The number of hydrogen-bond donors (Lipinski definition) is 1. The summed E-state index contributed by atoms with van der Waals surface area (Å²) >= 11 is 1.81. The van der Waals surface area contributed by atoms with Crippen LogP contribution in [0, 0.1) is 0 Å². The third-order valence-corrected chi connectivity index (χ3v) is 3.47. The Morgan fingerprint density at radius 1 is 1.29 bits per heavy atom. The number of nitrogens with zero attached hydrogens (tertiary/aromatic N) is 1. The topological polar surface area (TPSA) is 32.6 Å². The summed E-state index contributed by atoms with van der Waals surface area (Å²) in [5.74, 6) is 1.97. The number of aliphatic imine (C=N–C) groups is 1. The van der Waals surface area contributed by atoms with Gasteiger partial charge in [0.25, 0.3) is 0 Å². The van der Waals surface area contributed by atoms with E-state index in [-0.39, 0.29) is 6.61 Å². The molecule has 0 saturated heterocycles. The van der Waals surface area contributed by atoms with E-state index in [0.717, 1.165) is 29.9 Å². The molecular weight excluding hydrogens is 230 g/mol. The van der Waals surface area contributed by atoms with Crippen molar-refractivity contribution in [2.24, 2.45) is 4.99 Å². The number of aliphatic hydroxyl groups is 1. The molecule has 0 aromatic heterocycles. The van der Waals surface area contributed by atoms with E-state index in [1.165, 1.54) is 0 Å². The highest BCUT2D eigenvalue weighted by Gasteiger charge is 1.98. The molecule has 2 nitrogen and oxygen atoms in total. The van der Waals surface area contributed by atoms with Gasteiger partial charge in [0.1, 0.15) is 0 Å². The van der Waals surface area contributed by atoms with Gasteiger partial charge in [-0.1, -0.05) is 30.3 Å². The largest absolute Gasteiger partial charge is 0.396 e. The minimum Gasteiger partial charge on any atom is -0.396 e. The Labute approximate surface area is 108 Å². The molecule has 0 aliphatic heterocycles. The van der Waals surface area contributed by atoms with Gasteiger partial charge in [-0.25, -0.2) is 0 Å². The zero-order chi connectivity index (χ0) is 12.3. The van der Waals surface area contributed by atoms with Gasteiger partial charge >= 0.3 is 0 Å². The first kappa shape index (κ1) is 14.3. The van der Waals surface area contributed by atoms with Crippen molar-refractivity contribution in [2.45, 2.75) is 25.8 Å². The second-order valence-electron chi connectivity index (χ2n) is 4.02. The average molecular weight is 251 g/mol. The maximum absolute atomic E-state index is 8.64. The number of thioether (sulfide) groups is 1. The Bertz CT molecular complexity index is 313. The summed E-state index contributed by atoms with van der Waals surface area (Å²) in [5.41, 5.74) is 1.16. The lowest BCUT2D eigenvalue weighted by molar-refractivity contribution is 0.322.